The number of thiophene rings is 1. The van der Waals surface area contributed by atoms with Gasteiger partial charge in [0.15, 0.2) is 0 Å². The van der Waals surface area contributed by atoms with Crippen LogP contribution in [0, 0.1) is 5.92 Å². The van der Waals surface area contributed by atoms with Crippen LogP contribution in [0.3, 0.4) is 0 Å². The summed E-state index contributed by atoms with van der Waals surface area (Å²) >= 11 is 1.64. The van der Waals surface area contributed by atoms with Gasteiger partial charge in [0.2, 0.25) is 5.91 Å². The lowest BCUT2D eigenvalue weighted by atomic mass is 9.87. The van der Waals surface area contributed by atoms with Crippen molar-refractivity contribution in [1.29, 1.82) is 0 Å². The van der Waals surface area contributed by atoms with Crippen LogP contribution in [0.4, 0.5) is 0 Å². The minimum atomic E-state index is -0.411. The molecule has 0 saturated heterocycles. The summed E-state index contributed by atoms with van der Waals surface area (Å²) in [7, 11) is 0. The number of hydrogen-bond acceptors (Lipinski definition) is 4. The van der Waals surface area contributed by atoms with Gasteiger partial charge in [-0.05, 0) is 40.9 Å². The van der Waals surface area contributed by atoms with Crippen molar-refractivity contribution < 1.29 is 14.6 Å². The van der Waals surface area contributed by atoms with Gasteiger partial charge in [-0.2, -0.15) is 11.3 Å². The summed E-state index contributed by atoms with van der Waals surface area (Å²) in [5.74, 6) is 0.948. The van der Waals surface area contributed by atoms with Gasteiger partial charge in [-0.3, -0.25) is 4.79 Å². The normalized spacial score (nSPS) is 14.0. The van der Waals surface area contributed by atoms with Crippen LogP contribution in [0.5, 0.6) is 11.5 Å². The van der Waals surface area contributed by atoms with Crippen molar-refractivity contribution in [1.82, 2.24) is 5.32 Å². The molecule has 3 aromatic rings. The first-order valence-corrected chi connectivity index (χ1v) is 9.96. The van der Waals surface area contributed by atoms with Gasteiger partial charge in [-0.25, -0.2) is 0 Å². The van der Waals surface area contributed by atoms with Gasteiger partial charge in [0.25, 0.3) is 0 Å². The number of para-hydroxylation sites is 2. The molecule has 1 aliphatic rings. The summed E-state index contributed by atoms with van der Waals surface area (Å²) in [6, 6.07) is 17.4. The molecule has 2 heterocycles. The van der Waals surface area contributed by atoms with Crippen molar-refractivity contribution in [2.75, 3.05) is 13.2 Å². The summed E-state index contributed by atoms with van der Waals surface area (Å²) in [5, 5.41) is 16.8. The van der Waals surface area contributed by atoms with Crippen LogP contribution in [0.15, 0.2) is 65.4 Å². The Hall–Kier alpha value is -2.63. The standard InChI is InChI=1S/C22H21NO3S/c24-13-16(11-15-9-10-27-14-15)12-23-22(25)21-17-5-1-3-7-19(17)26-20-8-4-2-6-18(20)21/h1-10,14,16,21,24H,11-13H2,(H,23,25). The quantitative estimate of drug-likeness (QED) is 0.682. The van der Waals surface area contributed by atoms with E-state index in [0.29, 0.717) is 18.0 Å². The van der Waals surface area contributed by atoms with Crippen molar-refractivity contribution in [3.8, 4) is 11.5 Å². The highest BCUT2D eigenvalue weighted by atomic mass is 32.1. The van der Waals surface area contributed by atoms with Crippen LogP contribution in [0.25, 0.3) is 0 Å². The molecule has 2 N–H and O–H groups in total. The summed E-state index contributed by atoms with van der Waals surface area (Å²) in [6.45, 7) is 0.476. The number of fused-ring (bicyclic) bond motifs is 2. The fraction of sp³-hybridized carbons (Fsp3) is 0.227. The highest BCUT2D eigenvalue weighted by Crippen LogP contribution is 2.43. The van der Waals surface area contributed by atoms with E-state index in [-0.39, 0.29) is 18.4 Å². The Labute approximate surface area is 162 Å². The third-order valence-corrected chi connectivity index (χ3v) is 5.60. The predicted molar refractivity (Wildman–Crippen MR) is 106 cm³/mol. The SMILES string of the molecule is O=C(NCC(CO)Cc1ccsc1)C1c2ccccc2Oc2ccccc21. The molecule has 27 heavy (non-hydrogen) atoms. The number of carbonyl (C=O) groups excluding carboxylic acids is 1. The molecule has 0 spiro atoms. The fourth-order valence-corrected chi connectivity index (χ4v) is 4.16. The highest BCUT2D eigenvalue weighted by molar-refractivity contribution is 7.07. The van der Waals surface area contributed by atoms with E-state index in [1.165, 1.54) is 5.56 Å². The smallest absolute Gasteiger partial charge is 0.232 e. The molecule has 1 amide bonds. The summed E-state index contributed by atoms with van der Waals surface area (Å²) in [6.07, 6.45) is 0.751. The Morgan fingerprint density at radius 3 is 2.33 bits per heavy atom. The Morgan fingerprint density at radius 1 is 1.07 bits per heavy atom. The van der Waals surface area contributed by atoms with Crippen LogP contribution in [-0.2, 0) is 11.2 Å². The molecule has 0 bridgehead atoms. The maximum Gasteiger partial charge on any atom is 0.232 e. The van der Waals surface area contributed by atoms with Gasteiger partial charge in [-0.1, -0.05) is 36.4 Å². The Balaban J connectivity index is 1.53. The van der Waals surface area contributed by atoms with Crippen molar-refractivity contribution in [3.05, 3.63) is 82.0 Å². The number of benzene rings is 2. The van der Waals surface area contributed by atoms with E-state index in [0.717, 1.165) is 17.5 Å². The van der Waals surface area contributed by atoms with E-state index in [9.17, 15) is 9.90 Å². The number of rotatable bonds is 6. The number of amides is 1. The summed E-state index contributed by atoms with van der Waals surface area (Å²) in [4.78, 5) is 13.1. The average Bonchev–Trinajstić information content (AvgIpc) is 3.22. The zero-order valence-electron chi connectivity index (χ0n) is 14.8. The van der Waals surface area contributed by atoms with Gasteiger partial charge in [0.1, 0.15) is 11.5 Å². The molecule has 0 aliphatic carbocycles. The Bertz CT molecular complexity index is 877. The maximum absolute atomic E-state index is 13.1. The van der Waals surface area contributed by atoms with Gasteiger partial charge in [0, 0.05) is 30.2 Å². The molecule has 1 aliphatic heterocycles. The van der Waals surface area contributed by atoms with Crippen molar-refractivity contribution in [2.24, 2.45) is 5.92 Å². The monoisotopic (exact) mass is 379 g/mol. The first-order chi connectivity index (χ1) is 13.3. The second kappa shape index (κ2) is 7.94. The summed E-state index contributed by atoms with van der Waals surface area (Å²) < 4.78 is 5.96. The van der Waals surface area contributed by atoms with Gasteiger partial charge < -0.3 is 15.2 Å². The van der Waals surface area contributed by atoms with Crippen molar-refractivity contribution >= 4 is 17.2 Å². The largest absolute Gasteiger partial charge is 0.457 e. The van der Waals surface area contributed by atoms with Gasteiger partial charge >= 0.3 is 0 Å². The molecule has 138 valence electrons. The molecule has 1 unspecified atom stereocenters. The molecule has 1 aromatic heterocycles. The topological polar surface area (TPSA) is 58.6 Å². The number of nitrogens with one attached hydrogen (secondary N) is 1. The zero-order chi connectivity index (χ0) is 18.6. The third kappa shape index (κ3) is 3.75. The van der Waals surface area contributed by atoms with Crippen molar-refractivity contribution in [3.63, 3.8) is 0 Å². The van der Waals surface area contributed by atoms with Crippen LogP contribution in [0.1, 0.15) is 22.6 Å². The number of carbonyl (C=O) groups is 1. The van der Waals surface area contributed by atoms with E-state index in [2.05, 4.69) is 16.8 Å². The van der Waals surface area contributed by atoms with Gasteiger partial charge in [0.05, 0.1) is 5.92 Å². The van der Waals surface area contributed by atoms with E-state index in [4.69, 9.17) is 4.74 Å². The van der Waals surface area contributed by atoms with Crippen LogP contribution in [-0.4, -0.2) is 24.2 Å². The number of aliphatic hydroxyl groups excluding tert-OH is 1. The molecule has 5 heteroatoms. The lowest BCUT2D eigenvalue weighted by Gasteiger charge is -2.28. The first kappa shape index (κ1) is 17.8. The lowest BCUT2D eigenvalue weighted by Crippen LogP contribution is -2.36. The first-order valence-electron chi connectivity index (χ1n) is 9.01. The van der Waals surface area contributed by atoms with E-state index in [1.54, 1.807) is 11.3 Å². The fourth-order valence-electron chi connectivity index (χ4n) is 3.48. The lowest BCUT2D eigenvalue weighted by molar-refractivity contribution is -0.122. The van der Waals surface area contributed by atoms with Crippen LogP contribution >= 0.6 is 11.3 Å². The third-order valence-electron chi connectivity index (χ3n) is 4.87. The molecule has 2 aromatic carbocycles. The average molecular weight is 379 g/mol. The minimum absolute atomic E-state index is 0.00567. The molecular weight excluding hydrogens is 358 g/mol. The second-order valence-electron chi connectivity index (χ2n) is 6.74. The maximum atomic E-state index is 13.1. The molecule has 1 atom stereocenters. The number of hydrogen-bond donors (Lipinski definition) is 2. The van der Waals surface area contributed by atoms with E-state index < -0.39 is 5.92 Å². The van der Waals surface area contributed by atoms with Gasteiger partial charge in [-0.15, -0.1) is 0 Å². The minimum Gasteiger partial charge on any atom is -0.457 e. The second-order valence-corrected chi connectivity index (χ2v) is 7.52. The molecule has 0 radical (unpaired) electrons. The van der Waals surface area contributed by atoms with Crippen molar-refractivity contribution in [2.45, 2.75) is 12.3 Å². The number of ether oxygens (including phenoxy) is 1. The molecule has 0 saturated carbocycles. The molecule has 4 rings (SSSR count). The Morgan fingerprint density at radius 2 is 1.74 bits per heavy atom. The Kier molecular flexibility index (Phi) is 5.23. The van der Waals surface area contributed by atoms with E-state index >= 15 is 0 Å². The molecule has 4 nitrogen and oxygen atoms in total. The highest BCUT2D eigenvalue weighted by Gasteiger charge is 2.32. The van der Waals surface area contributed by atoms with Crippen LogP contribution in [0.2, 0.25) is 0 Å². The molecular formula is C22H21NO3S. The van der Waals surface area contributed by atoms with E-state index in [1.807, 2.05) is 53.9 Å². The summed E-state index contributed by atoms with van der Waals surface area (Å²) in [5.41, 5.74) is 2.93. The predicted octanol–water partition coefficient (Wildman–Crippen LogP) is 3.95. The zero-order valence-corrected chi connectivity index (χ0v) is 15.6. The molecule has 0 fully saturated rings. The number of aliphatic hydroxyl groups is 1. The van der Waals surface area contributed by atoms with Crippen LogP contribution < -0.4 is 10.1 Å².